The van der Waals surface area contributed by atoms with Crippen molar-refractivity contribution in [1.29, 1.82) is 0 Å². The normalized spacial score (nSPS) is 17.9. The quantitative estimate of drug-likeness (QED) is 0.562. The van der Waals surface area contributed by atoms with E-state index >= 15 is 0 Å². The molecule has 1 saturated carbocycles. The minimum atomic E-state index is -0.356. The topological polar surface area (TPSA) is 44.2 Å². The Morgan fingerprint density at radius 2 is 2.00 bits per heavy atom. The van der Waals surface area contributed by atoms with Gasteiger partial charge in [-0.15, -0.1) is 0 Å². The Labute approximate surface area is 132 Å². The highest BCUT2D eigenvalue weighted by atomic mass is 127. The number of ether oxygens (including phenoxy) is 2. The van der Waals surface area contributed by atoms with Crippen LogP contribution in [0.5, 0.6) is 0 Å². The van der Waals surface area contributed by atoms with Gasteiger partial charge in [-0.3, -0.25) is 0 Å². The third-order valence-corrected chi connectivity index (χ3v) is 5.13. The van der Waals surface area contributed by atoms with Crippen molar-refractivity contribution in [2.75, 3.05) is 13.7 Å². The molecule has 0 bridgehead atoms. The maximum absolute atomic E-state index is 6.23. The van der Waals surface area contributed by atoms with Crippen molar-refractivity contribution in [3.63, 3.8) is 0 Å². The highest BCUT2D eigenvalue weighted by Crippen LogP contribution is 2.41. The molecule has 1 aliphatic carbocycles. The van der Waals surface area contributed by atoms with Gasteiger partial charge in [-0.1, -0.05) is 11.6 Å². The van der Waals surface area contributed by atoms with Crippen LogP contribution in [0.15, 0.2) is 0 Å². The Kier molecular flexibility index (Phi) is 5.39. The first-order chi connectivity index (χ1) is 9.13. The maximum Gasteiger partial charge on any atom is 0.162 e. The van der Waals surface area contributed by atoms with Crippen LogP contribution < -0.4 is 0 Å². The van der Waals surface area contributed by atoms with Crippen molar-refractivity contribution >= 4 is 34.2 Å². The van der Waals surface area contributed by atoms with E-state index in [0.29, 0.717) is 24.2 Å². The van der Waals surface area contributed by atoms with Gasteiger partial charge in [-0.05, 0) is 55.2 Å². The smallest absolute Gasteiger partial charge is 0.162 e. The van der Waals surface area contributed by atoms with Crippen molar-refractivity contribution in [1.82, 2.24) is 9.97 Å². The molecular formula is C13H18ClIN2O2. The fourth-order valence-electron chi connectivity index (χ4n) is 2.55. The first-order valence-electron chi connectivity index (χ1n) is 6.48. The summed E-state index contributed by atoms with van der Waals surface area (Å²) in [5.74, 6) is 0.712. The highest BCUT2D eigenvalue weighted by Gasteiger charge is 2.40. The lowest BCUT2D eigenvalue weighted by Gasteiger charge is -2.27. The third-order valence-electron chi connectivity index (χ3n) is 3.40. The molecule has 1 heterocycles. The fourth-order valence-corrected chi connectivity index (χ4v) is 3.14. The number of halogens is 2. The van der Waals surface area contributed by atoms with Crippen LogP contribution >= 0.6 is 34.2 Å². The minimum Gasteiger partial charge on any atom is -0.378 e. The minimum absolute atomic E-state index is 0.356. The zero-order valence-corrected chi connectivity index (χ0v) is 14.1. The maximum atomic E-state index is 6.23. The molecule has 2 rings (SSSR count). The molecular weight excluding hydrogens is 379 g/mol. The largest absolute Gasteiger partial charge is 0.378 e. The van der Waals surface area contributed by atoms with Gasteiger partial charge in [0.1, 0.15) is 10.8 Å². The lowest BCUT2D eigenvalue weighted by molar-refractivity contribution is -0.0460. The summed E-state index contributed by atoms with van der Waals surface area (Å²) < 4.78 is 12.0. The molecule has 0 aromatic carbocycles. The number of aromatic nitrogens is 2. The Bertz CT molecular complexity index is 451. The average Bonchev–Trinajstić information content (AvgIpc) is 2.85. The third kappa shape index (κ3) is 3.20. The van der Waals surface area contributed by atoms with E-state index in [9.17, 15) is 0 Å². The molecule has 0 amide bonds. The molecule has 0 spiro atoms. The molecule has 106 valence electrons. The molecule has 1 aromatic heterocycles. The van der Waals surface area contributed by atoms with E-state index in [1.807, 2.05) is 6.92 Å². The Balaban J connectivity index is 2.42. The van der Waals surface area contributed by atoms with Crippen molar-refractivity contribution < 1.29 is 9.47 Å². The second-order valence-corrected chi connectivity index (χ2v) is 6.10. The van der Waals surface area contributed by atoms with Gasteiger partial charge in [0.05, 0.1) is 15.9 Å². The predicted molar refractivity (Wildman–Crippen MR) is 82.2 cm³/mol. The van der Waals surface area contributed by atoms with Gasteiger partial charge in [0.15, 0.2) is 5.82 Å². The summed E-state index contributed by atoms with van der Waals surface area (Å²) in [4.78, 5) is 9.10. The summed E-state index contributed by atoms with van der Waals surface area (Å²) in [6, 6.07) is 0. The molecule has 1 fully saturated rings. The summed E-state index contributed by atoms with van der Waals surface area (Å²) in [6.07, 6.45) is 4.22. The molecule has 0 N–H and O–H groups in total. The summed E-state index contributed by atoms with van der Waals surface area (Å²) in [7, 11) is 1.65. The molecule has 1 aliphatic rings. The Morgan fingerprint density at radius 3 is 2.58 bits per heavy atom. The monoisotopic (exact) mass is 396 g/mol. The van der Waals surface area contributed by atoms with Crippen molar-refractivity contribution in [2.45, 2.75) is 44.8 Å². The number of hydrogen-bond donors (Lipinski definition) is 0. The lowest BCUT2D eigenvalue weighted by atomic mass is 10.0. The van der Waals surface area contributed by atoms with E-state index in [1.165, 1.54) is 0 Å². The molecule has 4 nitrogen and oxygen atoms in total. The van der Waals surface area contributed by atoms with Crippen LogP contribution in [0.25, 0.3) is 0 Å². The van der Waals surface area contributed by atoms with Gasteiger partial charge in [-0.2, -0.15) is 0 Å². The first-order valence-corrected chi connectivity index (χ1v) is 7.94. The molecule has 19 heavy (non-hydrogen) atoms. The second kappa shape index (κ2) is 6.65. The van der Waals surface area contributed by atoms with E-state index in [-0.39, 0.29) is 5.60 Å². The van der Waals surface area contributed by atoms with E-state index in [4.69, 9.17) is 21.1 Å². The van der Waals surface area contributed by atoms with Crippen LogP contribution in [0.2, 0.25) is 5.15 Å². The molecule has 0 aliphatic heterocycles. The fraction of sp³-hybridized carbons (Fsp3) is 0.692. The van der Waals surface area contributed by atoms with Gasteiger partial charge < -0.3 is 9.47 Å². The number of methoxy groups -OCH3 is 1. The number of rotatable bonds is 5. The van der Waals surface area contributed by atoms with Crippen LogP contribution in [-0.2, 0) is 21.7 Å². The Hall–Kier alpha value is 0.0200. The van der Waals surface area contributed by atoms with Crippen LogP contribution in [0.3, 0.4) is 0 Å². The van der Waals surface area contributed by atoms with Crippen molar-refractivity contribution in [3.8, 4) is 0 Å². The SMILES string of the molecule is CCOC1(c2nc(Cl)c(I)c(COC)n2)CCCC1. The van der Waals surface area contributed by atoms with E-state index in [2.05, 4.69) is 32.6 Å². The lowest BCUT2D eigenvalue weighted by Crippen LogP contribution is -2.29. The van der Waals surface area contributed by atoms with Crippen molar-refractivity contribution in [3.05, 3.63) is 20.2 Å². The van der Waals surface area contributed by atoms with Crippen LogP contribution in [0.1, 0.15) is 44.1 Å². The zero-order valence-electron chi connectivity index (χ0n) is 11.2. The average molecular weight is 397 g/mol. The standard InChI is InChI=1S/C13H18ClIN2O2/c1-3-19-13(6-4-5-7-13)12-16-9(8-18-2)10(15)11(14)17-12/h3-8H2,1-2H3. The first kappa shape index (κ1) is 15.4. The van der Waals surface area contributed by atoms with E-state index < -0.39 is 0 Å². The van der Waals surface area contributed by atoms with Gasteiger partial charge in [0.25, 0.3) is 0 Å². The highest BCUT2D eigenvalue weighted by molar-refractivity contribution is 14.1. The van der Waals surface area contributed by atoms with Gasteiger partial charge in [0, 0.05) is 13.7 Å². The molecule has 0 radical (unpaired) electrons. The number of nitrogens with zero attached hydrogens (tertiary/aromatic N) is 2. The number of hydrogen-bond acceptors (Lipinski definition) is 4. The second-order valence-electron chi connectivity index (χ2n) is 4.67. The molecule has 0 atom stereocenters. The summed E-state index contributed by atoms with van der Waals surface area (Å²) in [5.41, 5.74) is 0.481. The van der Waals surface area contributed by atoms with Crippen LogP contribution in [0.4, 0.5) is 0 Å². The summed E-state index contributed by atoms with van der Waals surface area (Å²) in [5, 5.41) is 0.489. The van der Waals surface area contributed by atoms with E-state index in [1.54, 1.807) is 7.11 Å². The molecule has 6 heteroatoms. The van der Waals surface area contributed by atoms with E-state index in [0.717, 1.165) is 34.9 Å². The molecule has 0 unspecified atom stereocenters. The predicted octanol–water partition coefficient (Wildman–Crippen LogP) is 3.69. The molecule has 1 aromatic rings. The van der Waals surface area contributed by atoms with Crippen LogP contribution in [0, 0.1) is 3.57 Å². The van der Waals surface area contributed by atoms with Crippen molar-refractivity contribution in [2.24, 2.45) is 0 Å². The van der Waals surface area contributed by atoms with Gasteiger partial charge in [-0.25, -0.2) is 9.97 Å². The van der Waals surface area contributed by atoms with Gasteiger partial charge in [0.2, 0.25) is 0 Å². The molecule has 0 saturated heterocycles. The van der Waals surface area contributed by atoms with Gasteiger partial charge >= 0.3 is 0 Å². The summed E-state index contributed by atoms with van der Waals surface area (Å²) in [6.45, 7) is 3.10. The Morgan fingerprint density at radius 1 is 1.32 bits per heavy atom. The van der Waals surface area contributed by atoms with Crippen LogP contribution in [-0.4, -0.2) is 23.7 Å². The zero-order chi connectivity index (χ0) is 13.9. The summed E-state index contributed by atoms with van der Waals surface area (Å²) >= 11 is 8.38.